The van der Waals surface area contributed by atoms with E-state index >= 15 is 0 Å². The minimum Gasteiger partial charge on any atom is -0.368 e. The fourth-order valence-corrected chi connectivity index (χ4v) is 4.23. The minimum atomic E-state index is -0.768. The van der Waals surface area contributed by atoms with Gasteiger partial charge in [0.25, 0.3) is 5.56 Å². The Morgan fingerprint density at radius 2 is 1.85 bits per heavy atom. The molecule has 0 radical (unpaired) electrons. The highest BCUT2D eigenvalue weighted by atomic mass is 35.5. The van der Waals surface area contributed by atoms with Crippen molar-refractivity contribution in [3.05, 3.63) is 50.3 Å². The van der Waals surface area contributed by atoms with Gasteiger partial charge in [-0.3, -0.25) is 14.2 Å². The summed E-state index contributed by atoms with van der Waals surface area (Å²) in [5.74, 6) is -0.0110. The molecule has 0 bridgehead atoms. The number of halogens is 1. The maximum atomic E-state index is 13.4. The molecule has 0 fully saturated rings. The van der Waals surface area contributed by atoms with Crippen LogP contribution in [0.25, 0.3) is 21.3 Å². The van der Waals surface area contributed by atoms with Crippen LogP contribution in [0.4, 0.5) is 0 Å². The molecule has 2 aromatic heterocycles. The molecule has 1 unspecified atom stereocenters. The van der Waals surface area contributed by atoms with Gasteiger partial charge in [-0.2, -0.15) is 0 Å². The average Bonchev–Trinajstić information content (AvgIpc) is 2.91. The summed E-state index contributed by atoms with van der Waals surface area (Å²) in [4.78, 5) is 31.5. The van der Waals surface area contributed by atoms with Crippen molar-refractivity contribution in [2.75, 3.05) is 0 Å². The number of hydrogen-bond acceptors (Lipinski definition) is 4. The first kappa shape index (κ1) is 18.6. The number of aryl methyl sites for hydroxylation is 1. The van der Waals surface area contributed by atoms with E-state index in [-0.39, 0.29) is 11.5 Å². The molecule has 136 valence electrons. The summed E-state index contributed by atoms with van der Waals surface area (Å²) < 4.78 is 1.43. The molecule has 26 heavy (non-hydrogen) atoms. The van der Waals surface area contributed by atoms with Gasteiger partial charge in [0.2, 0.25) is 5.91 Å². The van der Waals surface area contributed by atoms with E-state index in [1.54, 1.807) is 19.1 Å². The fraction of sp³-hybridized carbons (Fsp3) is 0.316. The van der Waals surface area contributed by atoms with Crippen molar-refractivity contribution in [3.63, 3.8) is 0 Å². The third-order valence-corrected chi connectivity index (χ3v) is 5.66. The van der Waals surface area contributed by atoms with Crippen molar-refractivity contribution in [2.24, 2.45) is 5.73 Å². The van der Waals surface area contributed by atoms with Gasteiger partial charge in [-0.05, 0) is 31.5 Å². The zero-order valence-corrected chi connectivity index (χ0v) is 16.6. The second-order valence-corrected chi connectivity index (χ2v) is 8.24. The molecule has 2 N–H and O–H groups in total. The van der Waals surface area contributed by atoms with Crippen LogP contribution in [0.3, 0.4) is 0 Å². The van der Waals surface area contributed by atoms with E-state index in [0.29, 0.717) is 21.1 Å². The van der Waals surface area contributed by atoms with Gasteiger partial charge >= 0.3 is 0 Å². The minimum absolute atomic E-state index is 0.0183. The van der Waals surface area contributed by atoms with Crippen molar-refractivity contribution in [2.45, 2.75) is 39.7 Å². The summed E-state index contributed by atoms with van der Waals surface area (Å²) in [5, 5.41) is 1.15. The Hall–Kier alpha value is -2.18. The largest absolute Gasteiger partial charge is 0.368 e. The highest BCUT2D eigenvalue weighted by Crippen LogP contribution is 2.37. The Morgan fingerprint density at radius 1 is 1.23 bits per heavy atom. The zero-order valence-electron chi connectivity index (χ0n) is 15.0. The SMILES string of the molecule is Cc1sc2nc(C(C)C)n(C(C)C(N)=O)c(=O)c2c1-c1ccc(Cl)cc1. The van der Waals surface area contributed by atoms with Gasteiger partial charge in [-0.25, -0.2) is 4.98 Å². The molecule has 0 aliphatic rings. The summed E-state index contributed by atoms with van der Waals surface area (Å²) in [6, 6.07) is 6.58. The molecule has 5 nitrogen and oxygen atoms in total. The number of thiophene rings is 1. The number of amides is 1. The lowest BCUT2D eigenvalue weighted by Crippen LogP contribution is -2.35. The number of carbonyl (C=O) groups excluding carboxylic acids is 1. The van der Waals surface area contributed by atoms with E-state index in [9.17, 15) is 9.59 Å². The highest BCUT2D eigenvalue weighted by molar-refractivity contribution is 7.19. The standard InChI is InChI=1S/C19H20ClN3O2S/c1-9(2)17-22-18-15(19(25)23(17)10(3)16(21)24)14(11(4)26-18)12-5-7-13(20)8-6-12/h5-10H,1-4H3,(H2,21,24). The number of nitrogens with zero attached hydrogens (tertiary/aromatic N) is 2. The van der Waals surface area contributed by atoms with Crippen LogP contribution in [0.1, 0.15) is 43.4 Å². The number of fused-ring (bicyclic) bond motifs is 1. The van der Waals surface area contributed by atoms with Crippen LogP contribution in [-0.4, -0.2) is 15.5 Å². The first-order chi connectivity index (χ1) is 12.2. The molecular weight excluding hydrogens is 370 g/mol. The summed E-state index contributed by atoms with van der Waals surface area (Å²) in [5.41, 5.74) is 6.97. The molecule has 2 heterocycles. The van der Waals surface area contributed by atoms with Crippen LogP contribution in [-0.2, 0) is 4.79 Å². The van der Waals surface area contributed by atoms with Crippen LogP contribution in [0.15, 0.2) is 29.1 Å². The molecule has 3 aromatic rings. The van der Waals surface area contributed by atoms with Crippen molar-refractivity contribution >= 4 is 39.1 Å². The number of rotatable bonds is 4. The Morgan fingerprint density at radius 3 is 2.38 bits per heavy atom. The molecule has 0 aliphatic carbocycles. The number of benzene rings is 1. The Bertz CT molecular complexity index is 1050. The van der Waals surface area contributed by atoms with E-state index in [2.05, 4.69) is 0 Å². The van der Waals surface area contributed by atoms with Gasteiger partial charge < -0.3 is 5.73 Å². The van der Waals surface area contributed by atoms with Gasteiger partial charge in [-0.15, -0.1) is 11.3 Å². The topological polar surface area (TPSA) is 78.0 Å². The average molecular weight is 390 g/mol. The molecule has 0 saturated carbocycles. The van der Waals surface area contributed by atoms with Gasteiger partial charge in [0.15, 0.2) is 0 Å². The van der Waals surface area contributed by atoms with Gasteiger partial charge in [0.1, 0.15) is 16.7 Å². The maximum Gasteiger partial charge on any atom is 0.263 e. The Balaban J connectivity index is 2.41. The summed E-state index contributed by atoms with van der Waals surface area (Å²) in [6.45, 7) is 7.48. The molecule has 3 rings (SSSR count). The highest BCUT2D eigenvalue weighted by Gasteiger charge is 2.25. The molecular formula is C19H20ClN3O2S. The first-order valence-electron chi connectivity index (χ1n) is 8.33. The van der Waals surface area contributed by atoms with E-state index in [1.165, 1.54) is 15.9 Å². The molecule has 0 saturated heterocycles. The van der Waals surface area contributed by atoms with Crippen LogP contribution >= 0.6 is 22.9 Å². The zero-order chi connectivity index (χ0) is 19.2. The van der Waals surface area contributed by atoms with Crippen LogP contribution in [0.2, 0.25) is 5.02 Å². The second-order valence-electron chi connectivity index (χ2n) is 6.60. The predicted octanol–water partition coefficient (Wildman–Crippen LogP) is 4.26. The van der Waals surface area contributed by atoms with E-state index in [0.717, 1.165) is 16.0 Å². The fourth-order valence-electron chi connectivity index (χ4n) is 3.06. The van der Waals surface area contributed by atoms with Crippen LogP contribution < -0.4 is 11.3 Å². The third-order valence-electron chi connectivity index (χ3n) is 4.41. The van der Waals surface area contributed by atoms with Gasteiger partial charge in [-0.1, -0.05) is 37.6 Å². The third kappa shape index (κ3) is 3.04. The molecule has 1 amide bonds. The van der Waals surface area contributed by atoms with Gasteiger partial charge in [0.05, 0.1) is 5.39 Å². The lowest BCUT2D eigenvalue weighted by Gasteiger charge is -2.19. The van der Waals surface area contributed by atoms with Crippen molar-refractivity contribution in [3.8, 4) is 11.1 Å². The van der Waals surface area contributed by atoms with Crippen LogP contribution in [0, 0.1) is 6.92 Å². The number of carbonyl (C=O) groups is 1. The van der Waals surface area contributed by atoms with Crippen molar-refractivity contribution in [1.29, 1.82) is 0 Å². The first-order valence-corrected chi connectivity index (χ1v) is 9.52. The smallest absolute Gasteiger partial charge is 0.263 e. The lowest BCUT2D eigenvalue weighted by molar-refractivity contribution is -0.120. The maximum absolute atomic E-state index is 13.4. The number of aromatic nitrogens is 2. The number of primary amides is 1. The van der Waals surface area contributed by atoms with Crippen molar-refractivity contribution < 1.29 is 4.79 Å². The quantitative estimate of drug-likeness (QED) is 0.724. The van der Waals surface area contributed by atoms with E-state index < -0.39 is 11.9 Å². The van der Waals surface area contributed by atoms with Gasteiger partial charge in [0, 0.05) is 21.4 Å². The lowest BCUT2D eigenvalue weighted by atomic mass is 10.0. The molecule has 0 aliphatic heterocycles. The monoisotopic (exact) mass is 389 g/mol. The molecule has 0 spiro atoms. The van der Waals surface area contributed by atoms with E-state index in [4.69, 9.17) is 22.3 Å². The number of nitrogens with two attached hydrogens (primary N) is 1. The Labute approximate surface area is 160 Å². The normalized spacial score (nSPS) is 12.7. The molecule has 1 atom stereocenters. The summed E-state index contributed by atoms with van der Waals surface area (Å²) >= 11 is 7.47. The van der Waals surface area contributed by atoms with E-state index in [1.807, 2.05) is 32.9 Å². The summed E-state index contributed by atoms with van der Waals surface area (Å²) in [7, 11) is 0. The number of hydrogen-bond donors (Lipinski definition) is 1. The molecule has 7 heteroatoms. The predicted molar refractivity (Wildman–Crippen MR) is 107 cm³/mol. The van der Waals surface area contributed by atoms with Crippen LogP contribution in [0.5, 0.6) is 0 Å². The second kappa shape index (κ2) is 6.85. The molecule has 1 aromatic carbocycles. The summed E-state index contributed by atoms with van der Waals surface area (Å²) in [6.07, 6.45) is 0. The van der Waals surface area contributed by atoms with Crippen molar-refractivity contribution in [1.82, 2.24) is 9.55 Å². The Kier molecular flexibility index (Phi) is 4.90.